The molecule has 120 valence electrons. The van der Waals surface area contributed by atoms with E-state index < -0.39 is 21.4 Å². The van der Waals surface area contributed by atoms with Gasteiger partial charge in [-0.25, -0.2) is 12.7 Å². The van der Waals surface area contributed by atoms with Crippen LogP contribution >= 0.6 is 0 Å². The SMILES string of the molecule is C[C@@]1(C(=O)O)CCN(C(=O)[C@H]2CCCN(S(C)(=O)=O)C2)C1. The quantitative estimate of drug-likeness (QED) is 0.789. The lowest BCUT2D eigenvalue weighted by molar-refractivity contribution is -0.147. The minimum absolute atomic E-state index is 0.117. The molecule has 2 heterocycles. The molecule has 0 aromatic rings. The first kappa shape index (κ1) is 16.2. The van der Waals surface area contributed by atoms with E-state index in [1.807, 2.05) is 0 Å². The van der Waals surface area contributed by atoms with Crippen LogP contribution in [0.15, 0.2) is 0 Å². The molecule has 8 heteroatoms. The molecule has 2 rings (SSSR count). The van der Waals surface area contributed by atoms with Gasteiger partial charge >= 0.3 is 5.97 Å². The monoisotopic (exact) mass is 318 g/mol. The highest BCUT2D eigenvalue weighted by Gasteiger charge is 2.44. The lowest BCUT2D eigenvalue weighted by Gasteiger charge is -2.32. The molecule has 0 spiro atoms. The van der Waals surface area contributed by atoms with Crippen molar-refractivity contribution in [1.82, 2.24) is 9.21 Å². The largest absolute Gasteiger partial charge is 0.481 e. The number of rotatable bonds is 3. The lowest BCUT2D eigenvalue weighted by Crippen LogP contribution is -2.46. The Labute approximate surface area is 125 Å². The van der Waals surface area contributed by atoms with Crippen molar-refractivity contribution in [3.05, 3.63) is 0 Å². The number of hydrogen-bond donors (Lipinski definition) is 1. The molecule has 0 unspecified atom stereocenters. The first-order valence-electron chi connectivity index (χ1n) is 7.11. The fourth-order valence-electron chi connectivity index (χ4n) is 3.03. The Morgan fingerprint density at radius 3 is 2.48 bits per heavy atom. The smallest absolute Gasteiger partial charge is 0.311 e. The van der Waals surface area contributed by atoms with E-state index in [1.165, 1.54) is 4.31 Å². The van der Waals surface area contributed by atoms with Crippen LogP contribution in [0.5, 0.6) is 0 Å². The van der Waals surface area contributed by atoms with Crippen molar-refractivity contribution in [2.24, 2.45) is 11.3 Å². The third-order valence-corrected chi connectivity index (χ3v) is 5.77. The van der Waals surface area contributed by atoms with Crippen molar-refractivity contribution >= 4 is 21.9 Å². The lowest BCUT2D eigenvalue weighted by atomic mass is 9.90. The summed E-state index contributed by atoms with van der Waals surface area (Å²) in [7, 11) is -3.28. The highest BCUT2D eigenvalue weighted by molar-refractivity contribution is 7.88. The van der Waals surface area contributed by atoms with E-state index in [1.54, 1.807) is 11.8 Å². The Morgan fingerprint density at radius 2 is 1.95 bits per heavy atom. The van der Waals surface area contributed by atoms with E-state index in [0.29, 0.717) is 32.4 Å². The second-order valence-electron chi connectivity index (χ2n) is 6.34. The zero-order chi connectivity index (χ0) is 15.8. The van der Waals surface area contributed by atoms with Gasteiger partial charge in [0.1, 0.15) is 0 Å². The van der Waals surface area contributed by atoms with Crippen LogP contribution in [0.2, 0.25) is 0 Å². The normalized spacial score (nSPS) is 31.3. The van der Waals surface area contributed by atoms with Gasteiger partial charge in [0.15, 0.2) is 0 Å². The molecular formula is C13H22N2O5S. The van der Waals surface area contributed by atoms with E-state index in [9.17, 15) is 23.1 Å². The average Bonchev–Trinajstić information content (AvgIpc) is 2.81. The van der Waals surface area contributed by atoms with Gasteiger partial charge in [0, 0.05) is 26.2 Å². The van der Waals surface area contributed by atoms with Crippen LogP contribution in [-0.2, 0) is 19.6 Å². The predicted octanol–water partition coefficient (Wildman–Crippen LogP) is -0.0188. The molecule has 0 radical (unpaired) electrons. The van der Waals surface area contributed by atoms with Crippen LogP contribution in [0.4, 0.5) is 0 Å². The van der Waals surface area contributed by atoms with E-state index in [0.717, 1.165) is 6.26 Å². The molecule has 2 aliphatic rings. The maximum absolute atomic E-state index is 12.5. The second kappa shape index (κ2) is 5.57. The Kier molecular flexibility index (Phi) is 4.30. The van der Waals surface area contributed by atoms with Gasteiger partial charge in [0.05, 0.1) is 17.6 Å². The van der Waals surface area contributed by atoms with Crippen LogP contribution in [0.1, 0.15) is 26.2 Å². The van der Waals surface area contributed by atoms with Crippen LogP contribution in [0.25, 0.3) is 0 Å². The van der Waals surface area contributed by atoms with Crippen molar-refractivity contribution in [2.45, 2.75) is 26.2 Å². The summed E-state index contributed by atoms with van der Waals surface area (Å²) in [5.74, 6) is -1.36. The molecule has 0 aromatic carbocycles. The maximum atomic E-state index is 12.5. The van der Waals surface area contributed by atoms with Crippen molar-refractivity contribution in [3.8, 4) is 0 Å². The second-order valence-corrected chi connectivity index (χ2v) is 8.32. The molecule has 0 aliphatic carbocycles. The number of carboxylic acid groups (broad SMARTS) is 1. The summed E-state index contributed by atoms with van der Waals surface area (Å²) in [6, 6.07) is 0. The van der Waals surface area contributed by atoms with Crippen LogP contribution in [-0.4, -0.2) is 67.0 Å². The minimum atomic E-state index is -3.28. The molecule has 1 amide bonds. The Balaban J connectivity index is 2.03. The summed E-state index contributed by atoms with van der Waals surface area (Å²) >= 11 is 0. The molecule has 2 aliphatic heterocycles. The highest BCUT2D eigenvalue weighted by Crippen LogP contribution is 2.32. The van der Waals surface area contributed by atoms with Crippen LogP contribution in [0, 0.1) is 11.3 Å². The van der Waals surface area contributed by atoms with E-state index in [2.05, 4.69) is 0 Å². The Morgan fingerprint density at radius 1 is 1.29 bits per heavy atom. The third-order valence-electron chi connectivity index (χ3n) is 4.50. The number of hydrogen-bond acceptors (Lipinski definition) is 4. The summed E-state index contributed by atoms with van der Waals surface area (Å²) in [4.78, 5) is 25.3. The van der Waals surface area contributed by atoms with Gasteiger partial charge in [-0.15, -0.1) is 0 Å². The van der Waals surface area contributed by atoms with Crippen molar-refractivity contribution < 1.29 is 23.1 Å². The van der Waals surface area contributed by atoms with E-state index in [-0.39, 0.29) is 24.9 Å². The molecule has 21 heavy (non-hydrogen) atoms. The number of aliphatic carboxylic acids is 1. The molecular weight excluding hydrogens is 296 g/mol. The summed E-state index contributed by atoms with van der Waals surface area (Å²) in [5, 5.41) is 9.21. The number of nitrogens with zero attached hydrogens (tertiary/aromatic N) is 2. The first-order valence-corrected chi connectivity index (χ1v) is 8.96. The van der Waals surface area contributed by atoms with Gasteiger partial charge in [-0.2, -0.15) is 0 Å². The summed E-state index contributed by atoms with van der Waals surface area (Å²) in [6.07, 6.45) is 2.91. The summed E-state index contributed by atoms with van der Waals surface area (Å²) in [6.45, 7) is 2.94. The van der Waals surface area contributed by atoms with Gasteiger partial charge in [-0.1, -0.05) is 0 Å². The third kappa shape index (κ3) is 3.37. The van der Waals surface area contributed by atoms with Crippen LogP contribution in [0.3, 0.4) is 0 Å². The molecule has 7 nitrogen and oxygen atoms in total. The number of sulfonamides is 1. The molecule has 2 fully saturated rings. The van der Waals surface area contributed by atoms with Gasteiger partial charge in [0.25, 0.3) is 0 Å². The zero-order valence-corrected chi connectivity index (χ0v) is 13.2. The number of carbonyl (C=O) groups excluding carboxylic acids is 1. The maximum Gasteiger partial charge on any atom is 0.311 e. The minimum Gasteiger partial charge on any atom is -0.481 e. The molecule has 0 saturated carbocycles. The van der Waals surface area contributed by atoms with Gasteiger partial charge < -0.3 is 10.0 Å². The van der Waals surface area contributed by atoms with E-state index in [4.69, 9.17) is 0 Å². The highest BCUT2D eigenvalue weighted by atomic mass is 32.2. The number of amides is 1. The van der Waals surface area contributed by atoms with Crippen LogP contribution < -0.4 is 0 Å². The standard InChI is InChI=1S/C13H22N2O5S/c1-13(12(17)18)5-7-14(9-13)11(16)10-4-3-6-15(8-10)21(2,19)20/h10H,3-9H2,1-2H3,(H,17,18)/t10-,13+/m0/s1. The Hall–Kier alpha value is -1.15. The number of carbonyl (C=O) groups is 2. The number of carboxylic acids is 1. The average molecular weight is 318 g/mol. The Bertz CT molecular complexity index is 547. The fraction of sp³-hybridized carbons (Fsp3) is 0.846. The topological polar surface area (TPSA) is 95.0 Å². The molecule has 0 bridgehead atoms. The molecule has 1 N–H and O–H groups in total. The van der Waals surface area contributed by atoms with Gasteiger partial charge in [-0.3, -0.25) is 9.59 Å². The summed E-state index contributed by atoms with van der Waals surface area (Å²) in [5.41, 5.74) is -0.888. The number of likely N-dealkylation sites (tertiary alicyclic amines) is 1. The van der Waals surface area contributed by atoms with Crippen molar-refractivity contribution in [3.63, 3.8) is 0 Å². The first-order chi connectivity index (χ1) is 9.63. The molecule has 2 atom stereocenters. The van der Waals surface area contributed by atoms with Crippen molar-refractivity contribution in [2.75, 3.05) is 32.4 Å². The zero-order valence-electron chi connectivity index (χ0n) is 12.4. The molecule has 0 aromatic heterocycles. The van der Waals surface area contributed by atoms with Gasteiger partial charge in [-0.05, 0) is 26.2 Å². The fourth-order valence-corrected chi connectivity index (χ4v) is 3.94. The summed E-state index contributed by atoms with van der Waals surface area (Å²) < 4.78 is 24.5. The van der Waals surface area contributed by atoms with Crippen molar-refractivity contribution in [1.29, 1.82) is 0 Å². The molecule has 2 saturated heterocycles. The predicted molar refractivity (Wildman–Crippen MR) is 76.1 cm³/mol. The number of piperidine rings is 1. The van der Waals surface area contributed by atoms with E-state index >= 15 is 0 Å². The van der Waals surface area contributed by atoms with Gasteiger partial charge in [0.2, 0.25) is 15.9 Å².